The Morgan fingerprint density at radius 2 is 2.45 bits per heavy atom. The molecule has 1 atom stereocenters. The summed E-state index contributed by atoms with van der Waals surface area (Å²) in [7, 11) is 0. The largest absolute Gasteiger partial charge is 0.327 e. The highest BCUT2D eigenvalue weighted by molar-refractivity contribution is 4.93. The van der Waals surface area contributed by atoms with E-state index in [-0.39, 0.29) is 0 Å². The first-order valence-electron chi connectivity index (χ1n) is 4.46. The Morgan fingerprint density at radius 3 is 3.00 bits per heavy atom. The van der Waals surface area contributed by atoms with Crippen LogP contribution in [0, 0.1) is 5.92 Å². The van der Waals surface area contributed by atoms with Crippen molar-refractivity contribution in [1.29, 1.82) is 0 Å². The molecule has 0 aromatic rings. The van der Waals surface area contributed by atoms with Crippen molar-refractivity contribution in [3.05, 3.63) is 12.2 Å². The minimum Gasteiger partial charge on any atom is -0.327 e. The van der Waals surface area contributed by atoms with Crippen molar-refractivity contribution >= 4 is 0 Å². The van der Waals surface area contributed by atoms with Gasteiger partial charge in [-0.15, -0.1) is 0 Å². The van der Waals surface area contributed by atoms with E-state index in [4.69, 9.17) is 5.73 Å². The van der Waals surface area contributed by atoms with Crippen molar-refractivity contribution in [2.24, 2.45) is 11.7 Å². The minimum atomic E-state index is 0.683. The topological polar surface area (TPSA) is 29.3 Å². The van der Waals surface area contributed by atoms with Crippen LogP contribution in [0.5, 0.6) is 0 Å². The molecule has 0 aromatic carbocycles. The molecule has 64 valence electrons. The lowest BCUT2D eigenvalue weighted by molar-refractivity contribution is 0.351. The van der Waals surface area contributed by atoms with Crippen molar-refractivity contribution < 1.29 is 0 Å². The standard InChI is InChI=1S/C9H18N2/c1-2-11-7-5-9(8-11)4-3-6-10/h3-4,9H,2,5-8,10H2,1H3/b4-3-. The zero-order valence-electron chi connectivity index (χ0n) is 7.29. The number of hydrogen-bond donors (Lipinski definition) is 1. The molecule has 1 saturated heterocycles. The number of nitrogens with two attached hydrogens (primary N) is 1. The molecule has 1 unspecified atom stereocenters. The van der Waals surface area contributed by atoms with Crippen LogP contribution in [-0.4, -0.2) is 31.1 Å². The van der Waals surface area contributed by atoms with E-state index < -0.39 is 0 Å². The summed E-state index contributed by atoms with van der Waals surface area (Å²) in [6, 6.07) is 0. The van der Waals surface area contributed by atoms with Gasteiger partial charge in [-0.05, 0) is 25.4 Å². The molecule has 11 heavy (non-hydrogen) atoms. The van der Waals surface area contributed by atoms with Crippen molar-refractivity contribution in [2.45, 2.75) is 13.3 Å². The summed E-state index contributed by atoms with van der Waals surface area (Å²) < 4.78 is 0. The van der Waals surface area contributed by atoms with Gasteiger partial charge in [-0.1, -0.05) is 19.1 Å². The van der Waals surface area contributed by atoms with Gasteiger partial charge in [-0.25, -0.2) is 0 Å². The van der Waals surface area contributed by atoms with Crippen molar-refractivity contribution in [2.75, 3.05) is 26.2 Å². The molecule has 2 nitrogen and oxygen atoms in total. The third kappa shape index (κ3) is 2.64. The molecule has 0 radical (unpaired) electrons. The van der Waals surface area contributed by atoms with Crippen LogP contribution >= 0.6 is 0 Å². The average molecular weight is 154 g/mol. The fourth-order valence-electron chi connectivity index (χ4n) is 1.58. The van der Waals surface area contributed by atoms with Crippen LogP contribution in [0.3, 0.4) is 0 Å². The predicted molar refractivity (Wildman–Crippen MR) is 48.4 cm³/mol. The molecule has 1 aliphatic rings. The molecule has 0 bridgehead atoms. The quantitative estimate of drug-likeness (QED) is 0.610. The first-order chi connectivity index (χ1) is 5.36. The SMILES string of the molecule is CCN1CCC(/C=C\CN)C1. The lowest BCUT2D eigenvalue weighted by Gasteiger charge is -2.10. The highest BCUT2D eigenvalue weighted by Gasteiger charge is 2.17. The fraction of sp³-hybridized carbons (Fsp3) is 0.778. The maximum Gasteiger partial charge on any atom is 0.0106 e. The summed E-state index contributed by atoms with van der Waals surface area (Å²) in [5.41, 5.74) is 5.37. The number of likely N-dealkylation sites (tertiary alicyclic amines) is 1. The van der Waals surface area contributed by atoms with Crippen LogP contribution in [0.2, 0.25) is 0 Å². The molecule has 0 spiro atoms. The normalized spacial score (nSPS) is 26.9. The van der Waals surface area contributed by atoms with E-state index in [1.165, 1.54) is 26.1 Å². The van der Waals surface area contributed by atoms with E-state index in [1.54, 1.807) is 0 Å². The van der Waals surface area contributed by atoms with Gasteiger partial charge < -0.3 is 10.6 Å². The average Bonchev–Trinajstić information content (AvgIpc) is 2.48. The summed E-state index contributed by atoms with van der Waals surface area (Å²) in [6.07, 6.45) is 5.64. The molecular formula is C9H18N2. The molecule has 1 rings (SSSR count). The van der Waals surface area contributed by atoms with Crippen molar-refractivity contribution in [3.63, 3.8) is 0 Å². The van der Waals surface area contributed by atoms with Crippen LogP contribution in [0.15, 0.2) is 12.2 Å². The number of nitrogens with zero attached hydrogens (tertiary/aromatic N) is 1. The molecule has 1 fully saturated rings. The first-order valence-corrected chi connectivity index (χ1v) is 4.46. The zero-order chi connectivity index (χ0) is 8.10. The molecule has 0 aromatic heterocycles. The monoisotopic (exact) mass is 154 g/mol. The van der Waals surface area contributed by atoms with Gasteiger partial charge in [0.15, 0.2) is 0 Å². The third-order valence-electron chi connectivity index (χ3n) is 2.30. The van der Waals surface area contributed by atoms with Gasteiger partial charge in [-0.2, -0.15) is 0 Å². The molecular weight excluding hydrogens is 136 g/mol. The second-order valence-electron chi connectivity index (χ2n) is 3.11. The Balaban J connectivity index is 2.24. The van der Waals surface area contributed by atoms with E-state index in [1.807, 2.05) is 0 Å². The van der Waals surface area contributed by atoms with Crippen LogP contribution in [0.1, 0.15) is 13.3 Å². The van der Waals surface area contributed by atoms with Crippen LogP contribution in [0.4, 0.5) is 0 Å². The summed E-state index contributed by atoms with van der Waals surface area (Å²) >= 11 is 0. The Bertz CT molecular complexity index is 132. The lowest BCUT2D eigenvalue weighted by atomic mass is 10.1. The number of rotatable bonds is 3. The van der Waals surface area contributed by atoms with E-state index >= 15 is 0 Å². The molecule has 1 aliphatic heterocycles. The second kappa shape index (κ2) is 4.52. The Morgan fingerprint density at radius 1 is 1.64 bits per heavy atom. The third-order valence-corrected chi connectivity index (χ3v) is 2.30. The van der Waals surface area contributed by atoms with Crippen LogP contribution in [-0.2, 0) is 0 Å². The molecule has 2 heteroatoms. The predicted octanol–water partition coefficient (Wildman–Crippen LogP) is 0.843. The maximum atomic E-state index is 5.37. The molecule has 0 aliphatic carbocycles. The minimum absolute atomic E-state index is 0.683. The second-order valence-corrected chi connectivity index (χ2v) is 3.11. The lowest BCUT2D eigenvalue weighted by Crippen LogP contribution is -2.19. The van der Waals surface area contributed by atoms with Crippen molar-refractivity contribution in [3.8, 4) is 0 Å². The Kier molecular flexibility index (Phi) is 3.60. The van der Waals surface area contributed by atoms with Gasteiger partial charge in [0.2, 0.25) is 0 Å². The van der Waals surface area contributed by atoms with E-state index in [0.29, 0.717) is 6.54 Å². The first kappa shape index (κ1) is 8.75. The van der Waals surface area contributed by atoms with Crippen molar-refractivity contribution in [1.82, 2.24) is 4.90 Å². The van der Waals surface area contributed by atoms with Gasteiger partial charge in [-0.3, -0.25) is 0 Å². The summed E-state index contributed by atoms with van der Waals surface area (Å²) in [6.45, 7) is 6.58. The molecule has 2 N–H and O–H groups in total. The van der Waals surface area contributed by atoms with Gasteiger partial charge in [0, 0.05) is 13.1 Å². The van der Waals surface area contributed by atoms with Gasteiger partial charge >= 0.3 is 0 Å². The smallest absolute Gasteiger partial charge is 0.0106 e. The summed E-state index contributed by atoms with van der Waals surface area (Å²) in [4.78, 5) is 2.48. The molecule has 0 saturated carbocycles. The van der Waals surface area contributed by atoms with Gasteiger partial charge in [0.25, 0.3) is 0 Å². The van der Waals surface area contributed by atoms with E-state index in [2.05, 4.69) is 24.0 Å². The van der Waals surface area contributed by atoms with Gasteiger partial charge in [0.05, 0.1) is 0 Å². The highest BCUT2D eigenvalue weighted by Crippen LogP contribution is 2.16. The number of hydrogen-bond acceptors (Lipinski definition) is 2. The Labute approximate surface area is 69.1 Å². The van der Waals surface area contributed by atoms with Gasteiger partial charge in [0.1, 0.15) is 0 Å². The van der Waals surface area contributed by atoms with E-state index in [9.17, 15) is 0 Å². The molecule has 0 amide bonds. The van der Waals surface area contributed by atoms with Crippen LogP contribution < -0.4 is 5.73 Å². The fourth-order valence-corrected chi connectivity index (χ4v) is 1.58. The zero-order valence-corrected chi connectivity index (χ0v) is 7.29. The Hall–Kier alpha value is -0.340. The maximum absolute atomic E-state index is 5.37. The van der Waals surface area contributed by atoms with Crippen LogP contribution in [0.25, 0.3) is 0 Å². The summed E-state index contributed by atoms with van der Waals surface area (Å²) in [5.74, 6) is 0.762. The molecule has 1 heterocycles. The van der Waals surface area contributed by atoms with E-state index in [0.717, 1.165) is 5.92 Å². The summed E-state index contributed by atoms with van der Waals surface area (Å²) in [5, 5.41) is 0. The highest BCUT2D eigenvalue weighted by atomic mass is 15.1.